The minimum atomic E-state index is 0.663. The summed E-state index contributed by atoms with van der Waals surface area (Å²) in [5, 5.41) is 2.11. The fourth-order valence-corrected chi connectivity index (χ4v) is 3.77. The fourth-order valence-electron chi connectivity index (χ4n) is 2.80. The molecule has 132 valence electrons. The molecule has 0 bridgehead atoms. The molecule has 0 unspecified atom stereocenters. The van der Waals surface area contributed by atoms with Crippen LogP contribution in [-0.4, -0.2) is 54.9 Å². The van der Waals surface area contributed by atoms with E-state index >= 15 is 0 Å². The zero-order valence-corrected chi connectivity index (χ0v) is 16.8. The summed E-state index contributed by atoms with van der Waals surface area (Å²) >= 11 is 14.4. The lowest BCUT2D eigenvalue weighted by molar-refractivity contribution is 0.414. The van der Waals surface area contributed by atoms with Crippen LogP contribution in [0.3, 0.4) is 0 Å². The first kappa shape index (κ1) is 18.5. The summed E-state index contributed by atoms with van der Waals surface area (Å²) in [6, 6.07) is 5.61. The Hall–Kier alpha value is -1.27. The number of halogens is 2. The van der Waals surface area contributed by atoms with Gasteiger partial charge in [-0.1, -0.05) is 41.0 Å². The predicted octanol–water partition coefficient (Wildman–Crippen LogP) is 4.43. The Bertz CT molecular complexity index is 787. The van der Waals surface area contributed by atoms with Crippen molar-refractivity contribution in [1.82, 2.24) is 14.9 Å². The second-order valence-electron chi connectivity index (χ2n) is 6.13. The highest BCUT2D eigenvalue weighted by molar-refractivity contribution is 7.98. The highest BCUT2D eigenvalue weighted by Crippen LogP contribution is 2.37. The minimum absolute atomic E-state index is 0.663. The van der Waals surface area contributed by atoms with Crippen molar-refractivity contribution in [3.8, 4) is 0 Å². The highest BCUT2D eigenvalue weighted by atomic mass is 35.5. The number of aromatic nitrogens is 2. The number of likely N-dealkylation sites (N-methyl/N-ethyl adjacent to an activating group) is 1. The Labute approximate surface area is 162 Å². The lowest BCUT2D eigenvalue weighted by atomic mass is 9.99. The molecule has 0 radical (unpaired) electrons. The summed E-state index contributed by atoms with van der Waals surface area (Å²) in [6.45, 7) is 2.51. The molecule has 2 heterocycles. The summed E-state index contributed by atoms with van der Waals surface area (Å²) in [5.74, 6) is 0.966. The zero-order chi connectivity index (χ0) is 18.0. The first-order chi connectivity index (χ1) is 12.0. The fraction of sp³-hybridized carbons (Fsp3) is 0.333. The van der Waals surface area contributed by atoms with Crippen molar-refractivity contribution in [2.75, 3.05) is 44.9 Å². The van der Waals surface area contributed by atoms with Crippen LogP contribution in [0, 0.1) is 0 Å². The summed E-state index contributed by atoms with van der Waals surface area (Å²) < 4.78 is 0. The molecule has 2 aromatic rings. The molecule has 0 saturated carbocycles. The van der Waals surface area contributed by atoms with Gasteiger partial charge in [-0.2, -0.15) is 0 Å². The molecule has 7 heteroatoms. The van der Waals surface area contributed by atoms with Crippen molar-refractivity contribution in [3.05, 3.63) is 45.6 Å². The van der Waals surface area contributed by atoms with Crippen LogP contribution in [-0.2, 0) is 0 Å². The minimum Gasteiger partial charge on any atom is -0.350 e. The van der Waals surface area contributed by atoms with Crippen LogP contribution in [0.2, 0.25) is 10.0 Å². The third kappa shape index (κ3) is 4.11. The highest BCUT2D eigenvalue weighted by Gasteiger charge is 2.23. The second-order valence-corrected chi connectivity index (χ2v) is 7.71. The Morgan fingerprint density at radius 2 is 1.96 bits per heavy atom. The molecule has 3 rings (SSSR count). The molecule has 1 aliphatic rings. The first-order valence-corrected chi connectivity index (χ1v) is 9.93. The van der Waals surface area contributed by atoms with Crippen molar-refractivity contribution >= 4 is 52.4 Å². The molecular weight excluding hydrogens is 375 g/mol. The van der Waals surface area contributed by atoms with Gasteiger partial charge in [0.15, 0.2) is 5.16 Å². The van der Waals surface area contributed by atoms with Crippen molar-refractivity contribution in [2.24, 2.45) is 0 Å². The molecule has 0 N–H and O–H groups in total. The molecule has 0 atom stereocenters. The van der Waals surface area contributed by atoms with Gasteiger partial charge in [0, 0.05) is 47.0 Å². The zero-order valence-electron chi connectivity index (χ0n) is 14.5. The van der Waals surface area contributed by atoms with Gasteiger partial charge < -0.3 is 9.80 Å². The van der Waals surface area contributed by atoms with Crippen LogP contribution in [0.15, 0.2) is 29.6 Å². The molecule has 1 aromatic carbocycles. The summed E-state index contributed by atoms with van der Waals surface area (Å²) in [7, 11) is 4.14. The SMILES string of the molecule is CSc1ncc2c(n1)N(CCN(C)C)CC(c1c(Cl)cccc1Cl)=C2. The van der Waals surface area contributed by atoms with E-state index in [4.69, 9.17) is 28.2 Å². The first-order valence-electron chi connectivity index (χ1n) is 7.95. The van der Waals surface area contributed by atoms with Crippen LogP contribution in [0.1, 0.15) is 11.1 Å². The Balaban J connectivity index is 2.05. The number of hydrogen-bond donors (Lipinski definition) is 0. The maximum atomic E-state index is 6.43. The maximum Gasteiger partial charge on any atom is 0.189 e. The normalized spacial score (nSPS) is 13.8. The summed E-state index contributed by atoms with van der Waals surface area (Å²) in [6.07, 6.45) is 5.96. The van der Waals surface area contributed by atoms with Crippen LogP contribution in [0.4, 0.5) is 5.82 Å². The maximum absolute atomic E-state index is 6.43. The van der Waals surface area contributed by atoms with Crippen LogP contribution < -0.4 is 4.90 Å². The Morgan fingerprint density at radius 1 is 1.24 bits per heavy atom. The molecule has 0 amide bonds. The topological polar surface area (TPSA) is 32.3 Å². The van der Waals surface area contributed by atoms with E-state index in [0.717, 1.165) is 47.3 Å². The van der Waals surface area contributed by atoms with E-state index in [1.54, 1.807) is 11.8 Å². The van der Waals surface area contributed by atoms with Crippen molar-refractivity contribution in [1.29, 1.82) is 0 Å². The van der Waals surface area contributed by atoms with E-state index in [0.29, 0.717) is 10.0 Å². The lowest BCUT2D eigenvalue weighted by Gasteiger charge is -2.31. The van der Waals surface area contributed by atoms with E-state index in [9.17, 15) is 0 Å². The largest absolute Gasteiger partial charge is 0.350 e. The number of thioether (sulfide) groups is 1. The lowest BCUT2D eigenvalue weighted by Crippen LogP contribution is -2.35. The van der Waals surface area contributed by atoms with Crippen molar-refractivity contribution in [3.63, 3.8) is 0 Å². The summed E-state index contributed by atoms with van der Waals surface area (Å²) in [4.78, 5) is 13.6. The summed E-state index contributed by atoms with van der Waals surface area (Å²) in [5.41, 5.74) is 2.97. The molecule has 1 aliphatic heterocycles. The Morgan fingerprint density at radius 3 is 2.60 bits per heavy atom. The third-order valence-electron chi connectivity index (χ3n) is 4.05. The van der Waals surface area contributed by atoms with Gasteiger partial charge in [0.1, 0.15) is 5.82 Å². The second kappa shape index (κ2) is 7.96. The van der Waals surface area contributed by atoms with Gasteiger partial charge in [0.2, 0.25) is 0 Å². The van der Waals surface area contributed by atoms with Gasteiger partial charge in [0.05, 0.1) is 0 Å². The number of anilines is 1. The smallest absolute Gasteiger partial charge is 0.189 e. The van der Waals surface area contributed by atoms with Gasteiger partial charge in [0.25, 0.3) is 0 Å². The third-order valence-corrected chi connectivity index (χ3v) is 5.24. The van der Waals surface area contributed by atoms with Gasteiger partial charge in [-0.3, -0.25) is 0 Å². The quantitative estimate of drug-likeness (QED) is 0.553. The molecule has 0 aliphatic carbocycles. The predicted molar refractivity (Wildman–Crippen MR) is 109 cm³/mol. The van der Waals surface area contributed by atoms with E-state index in [1.165, 1.54) is 0 Å². The van der Waals surface area contributed by atoms with Gasteiger partial charge in [-0.05, 0) is 44.1 Å². The monoisotopic (exact) mass is 394 g/mol. The van der Waals surface area contributed by atoms with E-state index in [-0.39, 0.29) is 0 Å². The molecule has 25 heavy (non-hydrogen) atoms. The van der Waals surface area contributed by atoms with Gasteiger partial charge >= 0.3 is 0 Å². The van der Waals surface area contributed by atoms with Crippen LogP contribution in [0.25, 0.3) is 11.6 Å². The number of rotatable bonds is 5. The molecular formula is C18H20Cl2N4S. The van der Waals surface area contributed by atoms with Gasteiger partial charge in [-0.15, -0.1) is 0 Å². The van der Waals surface area contributed by atoms with Crippen LogP contribution in [0.5, 0.6) is 0 Å². The molecule has 0 spiro atoms. The number of nitrogens with zero attached hydrogens (tertiary/aromatic N) is 4. The number of fused-ring (bicyclic) bond motifs is 1. The van der Waals surface area contributed by atoms with Gasteiger partial charge in [-0.25, -0.2) is 9.97 Å². The van der Waals surface area contributed by atoms with E-state index in [1.807, 2.05) is 30.7 Å². The average molecular weight is 395 g/mol. The standard InChI is InChI=1S/C18H20Cl2N4S/c1-23(2)7-8-24-11-13(16-14(19)5-4-6-15(16)20)9-12-10-21-18(25-3)22-17(12)24/h4-6,9-10H,7-8,11H2,1-3H3. The van der Waals surface area contributed by atoms with Crippen LogP contribution >= 0.6 is 35.0 Å². The molecule has 0 fully saturated rings. The van der Waals surface area contributed by atoms with Crippen molar-refractivity contribution < 1.29 is 0 Å². The van der Waals surface area contributed by atoms with E-state index in [2.05, 4.69) is 35.0 Å². The average Bonchev–Trinajstić information content (AvgIpc) is 2.59. The molecule has 1 aromatic heterocycles. The number of hydrogen-bond acceptors (Lipinski definition) is 5. The Kier molecular flexibility index (Phi) is 5.89. The molecule has 0 saturated heterocycles. The molecule has 4 nitrogen and oxygen atoms in total. The number of benzene rings is 1. The van der Waals surface area contributed by atoms with Crippen molar-refractivity contribution in [2.45, 2.75) is 5.16 Å². The van der Waals surface area contributed by atoms with E-state index < -0.39 is 0 Å².